The number of hydrogen-bond acceptors (Lipinski definition) is 14. The molecule has 0 unspecified atom stereocenters. The highest BCUT2D eigenvalue weighted by molar-refractivity contribution is 7.95. The Morgan fingerprint density at radius 2 is 0.636 bits per heavy atom. The van der Waals surface area contributed by atoms with E-state index in [1.165, 1.54) is 111 Å². The fourth-order valence-electron chi connectivity index (χ4n) is 12.5. The van der Waals surface area contributed by atoms with Crippen LogP contribution in [0.3, 0.4) is 0 Å². The standard InChI is InChI=1S/C77H90N21O11P/c1-91(2)36-21-32-78-66(100)29-34-80-71(103)58-38-50(43-92(58)3)83-74(106)61-41-53(46-95(61)6)85-77(109)70-90-64(49-98(70)9)88-68(102)31-35-81-72(104)59-39-51(44-93(59)4)82-73(105)60-40-52(45-94(60)5)84-75(107)62-42-54(47-96(62)7)86-76(108)69-89-63(48-97(69)8)87-67(101)30-33-79-65(99)28-19-20-37-110(55-22-13-10-14-23-55,56-24-15-11-16-25-56)57-26-17-12-18-27-57/h10-18,22-27,38-49H,19-21,28-37H2,1-9H3,(H10-,78,79,80,81,82,83,84,85,86,87,88,99,100,101,102,103,104,105,106,107,108,109)/p+1. The molecular formula is C77H91N21O11P+. The maximum atomic E-state index is 13.7. The van der Waals surface area contributed by atoms with Gasteiger partial charge < -0.3 is 95.4 Å². The zero-order chi connectivity index (χ0) is 78.8. The lowest BCUT2D eigenvalue weighted by molar-refractivity contribution is -0.122. The molecule has 0 saturated carbocycles. The second kappa shape index (κ2) is 36.6. The van der Waals surface area contributed by atoms with Crippen molar-refractivity contribution in [3.05, 3.63) is 205 Å². The zero-order valence-corrected chi connectivity index (χ0v) is 63.6. The van der Waals surface area contributed by atoms with Crippen molar-refractivity contribution in [2.45, 2.75) is 44.9 Å². The normalized spacial score (nSPS) is 11.2. The molecule has 10 aromatic rings. The number of anilines is 7. The molecule has 3 aromatic carbocycles. The summed E-state index contributed by atoms with van der Waals surface area (Å²) in [6.07, 6.45) is 14.0. The SMILES string of the molecule is CN(C)CCCNC(=O)CCNC(=O)c1cc(NC(=O)c2cc(NC(=O)c3nc(NC(=O)CCNC(=O)c4cc(NC(=O)c5cc(NC(=O)c6cc(NC(=O)c7nc(NC(=O)CCNC(=O)CCCC[P+](c8ccccc8)(c8ccccc8)c8ccccc8)cn7C)cn6C)cn5C)cn4C)cn3C)cn2C)cn1C. The van der Waals surface area contributed by atoms with E-state index in [1.807, 2.05) is 37.2 Å². The molecule has 11 amide bonds. The number of hydrogen-bond donors (Lipinski definition) is 11. The Labute approximate surface area is 635 Å². The maximum Gasteiger partial charge on any atom is 0.291 e. The van der Waals surface area contributed by atoms with Crippen LogP contribution < -0.4 is 74.4 Å². The summed E-state index contributed by atoms with van der Waals surface area (Å²) in [5.74, 6) is -5.03. The van der Waals surface area contributed by atoms with E-state index in [2.05, 4.69) is 141 Å². The highest BCUT2D eigenvalue weighted by Crippen LogP contribution is 2.56. The number of rotatable bonds is 35. The van der Waals surface area contributed by atoms with Crippen LogP contribution in [0.15, 0.2) is 165 Å². The average Bonchev–Trinajstić information content (AvgIpc) is 1.20. The van der Waals surface area contributed by atoms with Gasteiger partial charge in [-0.1, -0.05) is 54.6 Å². The number of aryl methyl sites for hydroxylation is 7. The van der Waals surface area contributed by atoms with E-state index in [0.29, 0.717) is 25.1 Å². The van der Waals surface area contributed by atoms with Gasteiger partial charge in [-0.3, -0.25) is 52.7 Å². The maximum absolute atomic E-state index is 13.7. The molecule has 0 radical (unpaired) electrons. The fourth-order valence-corrected chi connectivity index (χ4v) is 16.9. The number of aromatic nitrogens is 9. The number of unbranched alkanes of at least 4 members (excludes halogenated alkanes) is 1. The van der Waals surface area contributed by atoms with Crippen molar-refractivity contribution in [1.29, 1.82) is 0 Å². The van der Waals surface area contributed by atoms with E-state index in [4.69, 9.17) is 0 Å². The molecule has 7 heterocycles. The summed E-state index contributed by atoms with van der Waals surface area (Å²) < 4.78 is 10.4. The van der Waals surface area contributed by atoms with Crippen molar-refractivity contribution in [3.63, 3.8) is 0 Å². The van der Waals surface area contributed by atoms with Crippen molar-refractivity contribution < 1.29 is 52.7 Å². The number of imidazole rings is 2. The summed E-state index contributed by atoms with van der Waals surface area (Å²) >= 11 is 0. The van der Waals surface area contributed by atoms with E-state index in [0.717, 1.165) is 25.5 Å². The molecule has 10 rings (SSSR count). The smallest absolute Gasteiger partial charge is 0.291 e. The number of carbonyl (C=O) groups excluding carboxylic acids is 11. The Hall–Kier alpha value is -13.0. The van der Waals surface area contributed by atoms with Crippen molar-refractivity contribution in [1.82, 2.24) is 68.1 Å². The molecule has 32 nitrogen and oxygen atoms in total. The van der Waals surface area contributed by atoms with Crippen LogP contribution in [-0.2, 0) is 68.5 Å². The average molecular weight is 1520 g/mol. The molecule has 33 heteroatoms. The lowest BCUT2D eigenvalue weighted by atomic mass is 10.2. The monoisotopic (exact) mass is 1520 g/mol. The molecule has 0 aliphatic heterocycles. The topological polar surface area (TPSA) is 384 Å². The van der Waals surface area contributed by atoms with Crippen LogP contribution in [0.1, 0.15) is 119 Å². The van der Waals surface area contributed by atoms with E-state index in [-0.39, 0.29) is 125 Å². The second-order valence-corrected chi connectivity index (χ2v) is 30.3. The predicted octanol–water partition coefficient (Wildman–Crippen LogP) is 5.66. The van der Waals surface area contributed by atoms with Crippen molar-refractivity contribution in [2.75, 3.05) is 90.2 Å². The minimum atomic E-state index is -2.02. The van der Waals surface area contributed by atoms with Gasteiger partial charge in [0.25, 0.3) is 41.4 Å². The third-order valence-electron chi connectivity index (χ3n) is 18.0. The molecule has 0 aliphatic rings. The first-order valence-corrected chi connectivity index (χ1v) is 37.5. The fraction of sp³-hybridized carbons (Fsp3) is 0.286. The quantitative estimate of drug-likeness (QED) is 0.0169. The zero-order valence-electron chi connectivity index (χ0n) is 62.7. The predicted molar refractivity (Wildman–Crippen MR) is 422 cm³/mol. The minimum absolute atomic E-state index is 0.0249. The van der Waals surface area contributed by atoms with Gasteiger partial charge in [0.2, 0.25) is 35.3 Å². The lowest BCUT2D eigenvalue weighted by Crippen LogP contribution is -2.33. The first kappa shape index (κ1) is 79.6. The Morgan fingerprint density at radius 3 is 0.991 bits per heavy atom. The summed E-state index contributed by atoms with van der Waals surface area (Å²) in [5, 5.41) is 34.1. The van der Waals surface area contributed by atoms with E-state index < -0.39 is 60.4 Å². The minimum Gasteiger partial charge on any atom is -0.356 e. The number of benzene rings is 3. The Balaban J connectivity index is 0.622. The number of nitrogens with one attached hydrogen (secondary N) is 11. The van der Waals surface area contributed by atoms with Gasteiger partial charge in [0.15, 0.2) is 11.6 Å². The Bertz CT molecular complexity index is 4930. The van der Waals surface area contributed by atoms with E-state index in [9.17, 15) is 52.7 Å². The van der Waals surface area contributed by atoms with Crippen molar-refractivity contribution in [3.8, 4) is 0 Å². The number of carbonyl (C=O) groups is 11. The Kier molecular flexibility index (Phi) is 26.5. The molecule has 7 aromatic heterocycles. The molecule has 0 fully saturated rings. The van der Waals surface area contributed by atoms with Crippen LogP contribution in [-0.4, -0.2) is 165 Å². The number of amides is 11. The van der Waals surface area contributed by atoms with E-state index >= 15 is 0 Å². The van der Waals surface area contributed by atoms with Gasteiger partial charge in [0.1, 0.15) is 51.6 Å². The van der Waals surface area contributed by atoms with Crippen LogP contribution in [0.5, 0.6) is 0 Å². The highest BCUT2D eigenvalue weighted by atomic mass is 31.2. The summed E-state index contributed by atoms with van der Waals surface area (Å²) in [6.45, 7) is 1.51. The lowest BCUT2D eigenvalue weighted by Gasteiger charge is -2.27. The van der Waals surface area contributed by atoms with Crippen LogP contribution in [0.2, 0.25) is 0 Å². The molecule has 0 atom stereocenters. The molecular weight excluding hydrogens is 1430 g/mol. The third kappa shape index (κ3) is 20.6. The molecule has 574 valence electrons. The first-order chi connectivity index (χ1) is 52.7. The molecule has 11 N–H and O–H groups in total. The Morgan fingerprint density at radius 1 is 0.327 bits per heavy atom. The summed E-state index contributed by atoms with van der Waals surface area (Å²) in [4.78, 5) is 156. The van der Waals surface area contributed by atoms with Crippen LogP contribution in [0.25, 0.3) is 0 Å². The van der Waals surface area contributed by atoms with Crippen LogP contribution in [0.4, 0.5) is 40.1 Å². The van der Waals surface area contributed by atoms with Gasteiger partial charge in [0.05, 0.1) is 34.6 Å². The largest absolute Gasteiger partial charge is 0.356 e. The van der Waals surface area contributed by atoms with Gasteiger partial charge in [-0.2, -0.15) is 0 Å². The van der Waals surface area contributed by atoms with Crippen molar-refractivity contribution in [2.24, 2.45) is 49.3 Å². The molecule has 110 heavy (non-hydrogen) atoms. The van der Waals surface area contributed by atoms with Gasteiger partial charge in [-0.25, -0.2) is 9.97 Å². The van der Waals surface area contributed by atoms with Crippen LogP contribution >= 0.6 is 7.26 Å². The van der Waals surface area contributed by atoms with Gasteiger partial charge in [0, 0.05) is 145 Å². The molecule has 0 spiro atoms. The van der Waals surface area contributed by atoms with Gasteiger partial charge in [-0.05, 0) is 107 Å². The van der Waals surface area contributed by atoms with E-state index in [1.54, 1.807) is 60.1 Å². The van der Waals surface area contributed by atoms with Gasteiger partial charge >= 0.3 is 0 Å². The summed E-state index contributed by atoms with van der Waals surface area (Å²) in [7, 11) is 13.1. The molecule has 0 saturated heterocycles. The first-order valence-electron chi connectivity index (χ1n) is 35.6. The molecule has 0 bridgehead atoms. The number of nitrogens with zero attached hydrogens (tertiary/aromatic N) is 10. The summed E-state index contributed by atoms with van der Waals surface area (Å²) in [5.41, 5.74) is 2.36. The summed E-state index contributed by atoms with van der Waals surface area (Å²) in [6, 6.07) is 39.1. The second-order valence-electron chi connectivity index (χ2n) is 26.7. The van der Waals surface area contributed by atoms with Crippen molar-refractivity contribution >= 4 is 128 Å². The van der Waals surface area contributed by atoms with Gasteiger partial charge in [-0.15, -0.1) is 0 Å². The molecule has 0 aliphatic carbocycles. The van der Waals surface area contributed by atoms with Crippen LogP contribution in [0, 0.1) is 0 Å². The highest BCUT2D eigenvalue weighted by Gasteiger charge is 2.44. The third-order valence-corrected chi connectivity index (χ3v) is 22.5.